The molecule has 0 spiro atoms. The Balaban J connectivity index is 1.54. The van der Waals surface area contributed by atoms with Gasteiger partial charge in [0.25, 0.3) is 0 Å². The van der Waals surface area contributed by atoms with Crippen LogP contribution in [0.5, 0.6) is 0 Å². The number of hydrogen-bond acceptors (Lipinski definition) is 3. The lowest BCUT2D eigenvalue weighted by atomic mass is 10.1. The van der Waals surface area contributed by atoms with Crippen molar-refractivity contribution in [3.05, 3.63) is 76.5 Å². The van der Waals surface area contributed by atoms with E-state index in [1.807, 2.05) is 29.6 Å². The Morgan fingerprint density at radius 1 is 1.12 bits per heavy atom. The number of aromatic nitrogens is 1. The van der Waals surface area contributed by atoms with E-state index in [1.165, 1.54) is 6.07 Å². The van der Waals surface area contributed by atoms with Crippen molar-refractivity contribution < 1.29 is 4.39 Å². The van der Waals surface area contributed by atoms with Gasteiger partial charge in [-0.1, -0.05) is 42.5 Å². The summed E-state index contributed by atoms with van der Waals surface area (Å²) in [6, 6.07) is 15.2. The zero-order valence-electron chi connectivity index (χ0n) is 14.8. The topological polar surface area (TPSA) is 49.3 Å². The van der Waals surface area contributed by atoms with Crippen LogP contribution < -0.4 is 10.6 Å². The molecule has 0 saturated carbocycles. The van der Waals surface area contributed by atoms with Crippen molar-refractivity contribution in [2.24, 2.45) is 4.99 Å². The molecule has 6 heteroatoms. The highest BCUT2D eigenvalue weighted by Crippen LogP contribution is 2.23. The van der Waals surface area contributed by atoms with Crippen molar-refractivity contribution in [1.29, 1.82) is 0 Å². The maximum Gasteiger partial charge on any atom is 0.191 e. The number of guanidine groups is 1. The van der Waals surface area contributed by atoms with Crippen molar-refractivity contribution in [3.63, 3.8) is 0 Å². The number of rotatable bonds is 5. The van der Waals surface area contributed by atoms with Crippen LogP contribution in [0.3, 0.4) is 0 Å². The minimum Gasteiger partial charge on any atom is -0.352 e. The Kier molecular flexibility index (Phi) is 5.96. The highest BCUT2D eigenvalue weighted by molar-refractivity contribution is 7.13. The molecule has 3 rings (SSSR count). The molecule has 2 aromatic carbocycles. The van der Waals surface area contributed by atoms with Crippen LogP contribution in [0.25, 0.3) is 10.6 Å². The molecule has 0 aliphatic rings. The van der Waals surface area contributed by atoms with Gasteiger partial charge >= 0.3 is 0 Å². The first-order valence-corrected chi connectivity index (χ1v) is 9.23. The lowest BCUT2D eigenvalue weighted by molar-refractivity contribution is 0.617. The number of aliphatic imine (C=N–C) groups is 1. The Bertz CT molecular complexity index is 890. The summed E-state index contributed by atoms with van der Waals surface area (Å²) >= 11 is 1.63. The van der Waals surface area contributed by atoms with Gasteiger partial charge in [-0.05, 0) is 24.1 Å². The van der Waals surface area contributed by atoms with Crippen LogP contribution in [-0.4, -0.2) is 18.0 Å². The van der Waals surface area contributed by atoms with E-state index in [9.17, 15) is 4.39 Å². The first-order valence-electron chi connectivity index (χ1n) is 8.35. The first kappa shape index (κ1) is 18.1. The van der Waals surface area contributed by atoms with E-state index >= 15 is 0 Å². The third-order valence-electron chi connectivity index (χ3n) is 3.92. The minimum atomic E-state index is -0.186. The van der Waals surface area contributed by atoms with Crippen molar-refractivity contribution in [2.45, 2.75) is 20.0 Å². The van der Waals surface area contributed by atoms with Crippen molar-refractivity contribution in [1.82, 2.24) is 15.6 Å². The van der Waals surface area contributed by atoms with Crippen LogP contribution in [0.4, 0.5) is 4.39 Å². The summed E-state index contributed by atoms with van der Waals surface area (Å²) in [5.74, 6) is 0.496. The molecule has 2 N–H and O–H groups in total. The summed E-state index contributed by atoms with van der Waals surface area (Å²) in [6.07, 6.45) is 0. The summed E-state index contributed by atoms with van der Waals surface area (Å²) in [5.41, 5.74) is 3.74. The second-order valence-corrected chi connectivity index (χ2v) is 6.73. The molecule has 0 saturated heterocycles. The molecule has 1 aromatic heterocycles. The van der Waals surface area contributed by atoms with Crippen LogP contribution >= 0.6 is 11.3 Å². The Morgan fingerprint density at radius 3 is 2.62 bits per heavy atom. The van der Waals surface area contributed by atoms with Gasteiger partial charge in [-0.15, -0.1) is 11.3 Å². The zero-order chi connectivity index (χ0) is 18.4. The lowest BCUT2D eigenvalue weighted by Crippen LogP contribution is -2.36. The standard InChI is InChI=1S/C20H21FN4S/c1-14-10-15(8-9-18(14)21)11-23-20(22-2)24-12-17-13-26-19(25-17)16-6-4-3-5-7-16/h3-10,13H,11-12H2,1-2H3,(H2,22,23,24). The van der Waals surface area contributed by atoms with Crippen molar-refractivity contribution in [3.8, 4) is 10.6 Å². The van der Waals surface area contributed by atoms with Gasteiger partial charge in [0.05, 0.1) is 12.2 Å². The monoisotopic (exact) mass is 368 g/mol. The zero-order valence-corrected chi connectivity index (χ0v) is 15.6. The summed E-state index contributed by atoms with van der Waals surface area (Å²) in [4.78, 5) is 8.88. The van der Waals surface area contributed by atoms with Gasteiger partial charge in [0.1, 0.15) is 10.8 Å². The molecule has 0 aliphatic heterocycles. The van der Waals surface area contributed by atoms with Gasteiger partial charge in [0.15, 0.2) is 5.96 Å². The highest BCUT2D eigenvalue weighted by Gasteiger charge is 2.06. The van der Waals surface area contributed by atoms with Crippen LogP contribution in [0, 0.1) is 12.7 Å². The maximum atomic E-state index is 13.3. The van der Waals surface area contributed by atoms with Gasteiger partial charge in [-0.3, -0.25) is 4.99 Å². The highest BCUT2D eigenvalue weighted by atomic mass is 32.1. The summed E-state index contributed by atoms with van der Waals surface area (Å²) in [6.45, 7) is 2.93. The minimum absolute atomic E-state index is 0.186. The summed E-state index contributed by atoms with van der Waals surface area (Å²) in [5, 5.41) is 9.54. The molecule has 26 heavy (non-hydrogen) atoms. The Labute approximate surface area is 156 Å². The van der Waals surface area contributed by atoms with E-state index in [-0.39, 0.29) is 5.82 Å². The van der Waals surface area contributed by atoms with E-state index in [1.54, 1.807) is 31.4 Å². The van der Waals surface area contributed by atoms with Crippen LogP contribution in [0.15, 0.2) is 58.9 Å². The number of thiazole rings is 1. The molecule has 0 radical (unpaired) electrons. The molecule has 0 bridgehead atoms. The average molecular weight is 368 g/mol. The van der Waals surface area contributed by atoms with E-state index in [4.69, 9.17) is 0 Å². The number of hydrogen-bond donors (Lipinski definition) is 2. The smallest absolute Gasteiger partial charge is 0.191 e. The van der Waals surface area contributed by atoms with E-state index in [0.717, 1.165) is 21.8 Å². The molecule has 0 fully saturated rings. The molecule has 134 valence electrons. The van der Waals surface area contributed by atoms with Gasteiger partial charge in [-0.2, -0.15) is 0 Å². The third-order valence-corrected chi connectivity index (χ3v) is 4.86. The molecular weight excluding hydrogens is 347 g/mol. The third kappa shape index (κ3) is 4.67. The molecule has 4 nitrogen and oxygen atoms in total. The molecule has 0 atom stereocenters. The van der Waals surface area contributed by atoms with E-state index in [2.05, 4.69) is 32.7 Å². The molecule has 0 amide bonds. The molecular formula is C20H21FN4S. The number of halogens is 1. The number of nitrogens with one attached hydrogen (secondary N) is 2. The van der Waals surface area contributed by atoms with Crippen molar-refractivity contribution >= 4 is 17.3 Å². The molecule has 3 aromatic rings. The quantitative estimate of drug-likeness (QED) is 0.526. The fraction of sp³-hybridized carbons (Fsp3) is 0.200. The molecule has 1 heterocycles. The van der Waals surface area contributed by atoms with Crippen LogP contribution in [-0.2, 0) is 13.1 Å². The van der Waals surface area contributed by atoms with Crippen molar-refractivity contribution in [2.75, 3.05) is 7.05 Å². The van der Waals surface area contributed by atoms with Gasteiger partial charge in [0.2, 0.25) is 0 Å². The normalized spacial score (nSPS) is 11.4. The number of nitrogens with zero attached hydrogens (tertiary/aromatic N) is 2. The second-order valence-electron chi connectivity index (χ2n) is 5.87. The van der Waals surface area contributed by atoms with Gasteiger partial charge in [-0.25, -0.2) is 9.37 Å². The molecule has 0 unspecified atom stereocenters. The SMILES string of the molecule is CN=C(NCc1ccc(F)c(C)c1)NCc1csc(-c2ccccc2)n1. The fourth-order valence-corrected chi connectivity index (χ4v) is 3.32. The van der Waals surface area contributed by atoms with E-state index < -0.39 is 0 Å². The van der Waals surface area contributed by atoms with Crippen LogP contribution in [0.1, 0.15) is 16.8 Å². The average Bonchev–Trinajstić information content (AvgIpc) is 3.14. The Hall–Kier alpha value is -2.73. The van der Waals surface area contributed by atoms with Crippen LogP contribution in [0.2, 0.25) is 0 Å². The van der Waals surface area contributed by atoms with E-state index in [0.29, 0.717) is 24.6 Å². The largest absolute Gasteiger partial charge is 0.352 e. The number of benzene rings is 2. The summed E-state index contributed by atoms with van der Waals surface area (Å²) in [7, 11) is 1.72. The predicted octanol–water partition coefficient (Wildman–Crippen LogP) is 4.12. The fourth-order valence-electron chi connectivity index (χ4n) is 2.50. The maximum absolute atomic E-state index is 13.3. The summed E-state index contributed by atoms with van der Waals surface area (Å²) < 4.78 is 13.3. The molecule has 0 aliphatic carbocycles. The lowest BCUT2D eigenvalue weighted by Gasteiger charge is -2.11. The van der Waals surface area contributed by atoms with Gasteiger partial charge < -0.3 is 10.6 Å². The first-order chi connectivity index (χ1) is 12.7. The second kappa shape index (κ2) is 8.58. The number of aryl methyl sites for hydroxylation is 1. The van der Waals surface area contributed by atoms with Gasteiger partial charge in [0, 0.05) is 24.5 Å². The Morgan fingerprint density at radius 2 is 1.88 bits per heavy atom. The predicted molar refractivity (Wildman–Crippen MR) is 106 cm³/mol.